The van der Waals surface area contributed by atoms with E-state index in [4.69, 9.17) is 4.74 Å². The van der Waals surface area contributed by atoms with Crippen molar-refractivity contribution >= 4 is 0 Å². The Morgan fingerprint density at radius 3 is 2.83 bits per heavy atom. The van der Waals surface area contributed by atoms with Gasteiger partial charge in [0.15, 0.2) is 0 Å². The lowest BCUT2D eigenvalue weighted by Gasteiger charge is -2.35. The molecule has 2 aliphatic rings. The van der Waals surface area contributed by atoms with Gasteiger partial charge in [0.2, 0.25) is 0 Å². The summed E-state index contributed by atoms with van der Waals surface area (Å²) in [7, 11) is 0. The molecule has 0 unspecified atom stereocenters. The second kappa shape index (κ2) is 2.12. The third-order valence-corrected chi connectivity index (χ3v) is 3.48. The number of ether oxygens (including phenoxy) is 1. The molecule has 1 saturated heterocycles. The molecule has 2 heteroatoms. The van der Waals surface area contributed by atoms with Crippen LogP contribution in [0.4, 0.5) is 0 Å². The maximum Gasteiger partial charge on any atom is 0.124 e. The second-order valence-electron chi connectivity index (χ2n) is 4.25. The van der Waals surface area contributed by atoms with Crippen LogP contribution < -0.4 is 0 Å². The van der Waals surface area contributed by atoms with Gasteiger partial charge in [0.25, 0.3) is 0 Å². The molecule has 1 N–H and O–H groups in total. The van der Waals surface area contributed by atoms with E-state index in [1.165, 1.54) is 0 Å². The van der Waals surface area contributed by atoms with Crippen LogP contribution in [0, 0.1) is 0 Å². The Hall–Kier alpha value is -0.340. The zero-order valence-corrected chi connectivity index (χ0v) is 7.76. The van der Waals surface area contributed by atoms with Gasteiger partial charge in [-0.3, -0.25) is 0 Å². The molecule has 0 aromatic heterocycles. The standard InChI is InChI=1S/C10H16O2/c1-7(2)10(11)6-4-5-8-9(10,3)12-8/h8,11H,1,4-6H2,2-3H3/t8-,9-,10+/m0/s1. The maximum absolute atomic E-state index is 10.3. The van der Waals surface area contributed by atoms with E-state index in [0.717, 1.165) is 24.8 Å². The quantitative estimate of drug-likeness (QED) is 0.477. The van der Waals surface area contributed by atoms with Gasteiger partial charge in [-0.15, -0.1) is 0 Å². The normalized spacial score (nSPS) is 51.4. The molecular weight excluding hydrogens is 152 g/mol. The summed E-state index contributed by atoms with van der Waals surface area (Å²) in [5, 5.41) is 10.3. The average molecular weight is 168 g/mol. The Kier molecular flexibility index (Phi) is 1.46. The summed E-state index contributed by atoms with van der Waals surface area (Å²) in [4.78, 5) is 0. The molecule has 1 aliphatic heterocycles. The number of fused-ring (bicyclic) bond motifs is 1. The third kappa shape index (κ3) is 0.771. The van der Waals surface area contributed by atoms with E-state index in [1.54, 1.807) is 0 Å². The minimum Gasteiger partial charge on any atom is -0.382 e. The Morgan fingerprint density at radius 1 is 1.67 bits per heavy atom. The van der Waals surface area contributed by atoms with Crippen LogP contribution in [0.1, 0.15) is 33.1 Å². The van der Waals surface area contributed by atoms with E-state index in [2.05, 4.69) is 6.58 Å². The van der Waals surface area contributed by atoms with Crippen molar-refractivity contribution in [2.45, 2.75) is 50.4 Å². The van der Waals surface area contributed by atoms with Crippen LogP contribution in [0.3, 0.4) is 0 Å². The van der Waals surface area contributed by atoms with Crippen molar-refractivity contribution in [2.24, 2.45) is 0 Å². The Balaban J connectivity index is 2.29. The van der Waals surface area contributed by atoms with Crippen molar-refractivity contribution in [3.05, 3.63) is 12.2 Å². The van der Waals surface area contributed by atoms with Gasteiger partial charge in [0, 0.05) is 0 Å². The van der Waals surface area contributed by atoms with Gasteiger partial charge < -0.3 is 9.84 Å². The number of hydrogen-bond donors (Lipinski definition) is 1. The summed E-state index contributed by atoms with van der Waals surface area (Å²) in [6.07, 6.45) is 3.21. The summed E-state index contributed by atoms with van der Waals surface area (Å²) < 4.78 is 5.53. The van der Waals surface area contributed by atoms with Crippen LogP contribution >= 0.6 is 0 Å². The number of epoxide rings is 1. The molecule has 2 rings (SSSR count). The highest BCUT2D eigenvalue weighted by atomic mass is 16.6. The third-order valence-electron chi connectivity index (χ3n) is 3.48. The zero-order valence-electron chi connectivity index (χ0n) is 7.76. The lowest BCUT2D eigenvalue weighted by Crippen LogP contribution is -2.48. The first kappa shape index (κ1) is 8.27. The summed E-state index contributed by atoms with van der Waals surface area (Å²) >= 11 is 0. The van der Waals surface area contributed by atoms with Crippen LogP contribution in [-0.4, -0.2) is 22.4 Å². The first-order valence-corrected chi connectivity index (χ1v) is 4.57. The molecule has 0 aromatic carbocycles. The molecule has 0 spiro atoms. The summed E-state index contributed by atoms with van der Waals surface area (Å²) in [6, 6.07) is 0. The molecular formula is C10H16O2. The molecule has 0 amide bonds. The van der Waals surface area contributed by atoms with Gasteiger partial charge in [-0.2, -0.15) is 0 Å². The number of rotatable bonds is 1. The molecule has 0 bridgehead atoms. The van der Waals surface area contributed by atoms with E-state index < -0.39 is 5.60 Å². The lowest BCUT2D eigenvalue weighted by atomic mass is 9.72. The van der Waals surface area contributed by atoms with Gasteiger partial charge in [-0.1, -0.05) is 6.58 Å². The second-order valence-corrected chi connectivity index (χ2v) is 4.25. The predicted molar refractivity (Wildman–Crippen MR) is 46.9 cm³/mol. The highest BCUT2D eigenvalue weighted by Crippen LogP contribution is 2.55. The molecule has 0 aromatic rings. The van der Waals surface area contributed by atoms with Gasteiger partial charge in [-0.25, -0.2) is 0 Å². The van der Waals surface area contributed by atoms with Gasteiger partial charge >= 0.3 is 0 Å². The van der Waals surface area contributed by atoms with E-state index in [0.29, 0.717) is 0 Å². The van der Waals surface area contributed by atoms with Gasteiger partial charge in [-0.05, 0) is 38.7 Å². The zero-order chi connectivity index (χ0) is 8.98. The average Bonchev–Trinajstić information content (AvgIpc) is 2.63. The summed E-state index contributed by atoms with van der Waals surface area (Å²) in [5.41, 5.74) is -0.250. The van der Waals surface area contributed by atoms with Crippen LogP contribution in [0.5, 0.6) is 0 Å². The van der Waals surface area contributed by atoms with E-state index in [9.17, 15) is 5.11 Å². The highest BCUT2D eigenvalue weighted by molar-refractivity contribution is 5.27. The first-order chi connectivity index (χ1) is 5.51. The van der Waals surface area contributed by atoms with Crippen molar-refractivity contribution < 1.29 is 9.84 Å². The van der Waals surface area contributed by atoms with Crippen LogP contribution in [-0.2, 0) is 4.74 Å². The first-order valence-electron chi connectivity index (χ1n) is 4.57. The molecule has 1 aliphatic carbocycles. The summed E-state index contributed by atoms with van der Waals surface area (Å²) in [5.74, 6) is 0. The fourth-order valence-corrected chi connectivity index (χ4v) is 2.39. The molecule has 1 heterocycles. The maximum atomic E-state index is 10.3. The fraction of sp³-hybridized carbons (Fsp3) is 0.800. The van der Waals surface area contributed by atoms with Crippen LogP contribution in [0.15, 0.2) is 12.2 Å². The van der Waals surface area contributed by atoms with Gasteiger partial charge in [0.1, 0.15) is 11.2 Å². The Bertz CT molecular complexity index is 236. The minimum atomic E-state index is -0.768. The highest BCUT2D eigenvalue weighted by Gasteiger charge is 2.67. The lowest BCUT2D eigenvalue weighted by molar-refractivity contribution is -0.00921. The largest absolute Gasteiger partial charge is 0.382 e. The Labute approximate surface area is 73.2 Å². The predicted octanol–water partition coefficient (Wildman–Crippen LogP) is 1.64. The monoisotopic (exact) mass is 168 g/mol. The van der Waals surface area contributed by atoms with Crippen molar-refractivity contribution in [1.82, 2.24) is 0 Å². The van der Waals surface area contributed by atoms with Crippen LogP contribution in [0.25, 0.3) is 0 Å². The molecule has 2 nitrogen and oxygen atoms in total. The van der Waals surface area contributed by atoms with Crippen molar-refractivity contribution in [3.63, 3.8) is 0 Å². The minimum absolute atomic E-state index is 0.271. The molecule has 12 heavy (non-hydrogen) atoms. The number of aliphatic hydroxyl groups is 1. The van der Waals surface area contributed by atoms with Crippen molar-refractivity contribution in [1.29, 1.82) is 0 Å². The SMILES string of the molecule is C=C(C)[C@]1(O)CCC[C@@H]2O[C@@]21C. The smallest absolute Gasteiger partial charge is 0.124 e. The van der Waals surface area contributed by atoms with Crippen molar-refractivity contribution in [2.75, 3.05) is 0 Å². The van der Waals surface area contributed by atoms with Crippen molar-refractivity contribution in [3.8, 4) is 0 Å². The summed E-state index contributed by atoms with van der Waals surface area (Å²) in [6.45, 7) is 7.72. The van der Waals surface area contributed by atoms with E-state index >= 15 is 0 Å². The Morgan fingerprint density at radius 2 is 2.33 bits per heavy atom. The van der Waals surface area contributed by atoms with E-state index in [-0.39, 0.29) is 11.7 Å². The topological polar surface area (TPSA) is 32.8 Å². The fourth-order valence-electron chi connectivity index (χ4n) is 2.39. The molecule has 3 atom stereocenters. The molecule has 0 radical (unpaired) electrons. The molecule has 68 valence electrons. The molecule has 2 fully saturated rings. The van der Waals surface area contributed by atoms with Gasteiger partial charge in [0.05, 0.1) is 6.10 Å². The number of hydrogen-bond acceptors (Lipinski definition) is 2. The van der Waals surface area contributed by atoms with E-state index in [1.807, 2.05) is 13.8 Å². The van der Waals surface area contributed by atoms with Crippen LogP contribution in [0.2, 0.25) is 0 Å². The molecule has 1 saturated carbocycles.